The number of halogens is 1. The summed E-state index contributed by atoms with van der Waals surface area (Å²) in [5.74, 6) is -0.388. The van der Waals surface area contributed by atoms with Crippen LogP contribution in [-0.2, 0) is 0 Å². The second-order valence-corrected chi connectivity index (χ2v) is 6.13. The number of aromatic nitrogens is 1. The molecule has 1 saturated heterocycles. The molecule has 0 aromatic carbocycles. The van der Waals surface area contributed by atoms with Gasteiger partial charge in [-0.2, -0.15) is 0 Å². The lowest BCUT2D eigenvalue weighted by Gasteiger charge is -2.33. The molecule has 2 fully saturated rings. The minimum Gasteiger partial charge on any atom is -0.478 e. The van der Waals surface area contributed by atoms with Gasteiger partial charge in [0.05, 0.1) is 10.7 Å². The highest BCUT2D eigenvalue weighted by atomic mass is 35.5. The van der Waals surface area contributed by atoms with E-state index in [-0.39, 0.29) is 5.56 Å². The number of aromatic carboxylic acids is 1. The summed E-state index contributed by atoms with van der Waals surface area (Å²) >= 11 is 5.98. The summed E-state index contributed by atoms with van der Waals surface area (Å²) < 4.78 is 0. The van der Waals surface area contributed by atoms with E-state index >= 15 is 0 Å². The molecule has 1 spiro atoms. The maximum atomic E-state index is 11.3. The van der Waals surface area contributed by atoms with E-state index in [1.165, 1.54) is 18.9 Å². The van der Waals surface area contributed by atoms with Gasteiger partial charge in [-0.25, -0.2) is 9.78 Å². The van der Waals surface area contributed by atoms with Crippen molar-refractivity contribution in [2.45, 2.75) is 32.6 Å². The number of nitrogens with zero attached hydrogens (tertiary/aromatic N) is 2. The first-order valence-electron chi connectivity index (χ1n) is 6.66. The molecule has 0 radical (unpaired) electrons. The van der Waals surface area contributed by atoms with Gasteiger partial charge in [0.2, 0.25) is 0 Å². The fourth-order valence-electron chi connectivity index (χ4n) is 2.84. The summed E-state index contributed by atoms with van der Waals surface area (Å²) in [4.78, 5) is 17.8. The van der Waals surface area contributed by atoms with Crippen LogP contribution >= 0.6 is 11.6 Å². The minimum absolute atomic E-state index is 0.211. The zero-order valence-corrected chi connectivity index (χ0v) is 11.7. The number of carboxylic acids is 1. The van der Waals surface area contributed by atoms with Crippen LogP contribution in [0, 0.1) is 12.3 Å². The third-order valence-electron chi connectivity index (χ3n) is 4.44. The topological polar surface area (TPSA) is 53.4 Å². The number of aryl methyl sites for hydroxylation is 1. The summed E-state index contributed by atoms with van der Waals surface area (Å²) in [6, 6.07) is 1.52. The number of carboxylic acid groups (broad SMARTS) is 1. The van der Waals surface area contributed by atoms with Gasteiger partial charge in [-0.05, 0) is 44.1 Å². The predicted octanol–water partition coefficient (Wildman–Crippen LogP) is 3.12. The molecule has 2 aliphatic rings. The number of hydrogen-bond donors (Lipinski definition) is 1. The van der Waals surface area contributed by atoms with Crippen LogP contribution in [0.15, 0.2) is 6.07 Å². The molecule has 0 amide bonds. The molecule has 102 valence electrons. The summed E-state index contributed by atoms with van der Waals surface area (Å²) in [6.07, 6.45) is 4.96. The fourth-order valence-corrected chi connectivity index (χ4v) is 2.99. The maximum absolute atomic E-state index is 11.3. The Bertz CT molecular complexity index is 530. The van der Waals surface area contributed by atoms with Crippen LogP contribution in [0.2, 0.25) is 5.02 Å². The molecule has 1 saturated carbocycles. The van der Waals surface area contributed by atoms with Crippen molar-refractivity contribution in [2.75, 3.05) is 18.0 Å². The number of rotatable bonds is 2. The average molecular weight is 281 g/mol. The van der Waals surface area contributed by atoms with E-state index in [2.05, 4.69) is 9.88 Å². The molecule has 1 aromatic heterocycles. The van der Waals surface area contributed by atoms with Gasteiger partial charge in [-0.3, -0.25) is 0 Å². The SMILES string of the molecule is Cc1nc(N2CCC3(CC2)CC3)c(C(=O)O)cc1Cl. The third kappa shape index (κ3) is 2.29. The number of piperidine rings is 1. The molecule has 3 rings (SSSR count). The van der Waals surface area contributed by atoms with Crippen LogP contribution in [0.5, 0.6) is 0 Å². The molecule has 1 N–H and O–H groups in total. The molecule has 4 nitrogen and oxygen atoms in total. The average Bonchev–Trinajstić information content (AvgIpc) is 3.13. The Labute approximate surface area is 117 Å². The standard InChI is InChI=1S/C14H17ClN2O2/c1-9-11(15)8-10(13(18)19)12(16-9)17-6-4-14(2-3-14)5-7-17/h8H,2-7H2,1H3,(H,18,19). The number of pyridine rings is 1. The van der Waals surface area contributed by atoms with Gasteiger partial charge in [-0.1, -0.05) is 11.6 Å². The van der Waals surface area contributed by atoms with Gasteiger partial charge in [0.25, 0.3) is 0 Å². The van der Waals surface area contributed by atoms with E-state index in [0.717, 1.165) is 25.9 Å². The van der Waals surface area contributed by atoms with Crippen molar-refractivity contribution in [2.24, 2.45) is 5.41 Å². The van der Waals surface area contributed by atoms with Crippen LogP contribution in [-0.4, -0.2) is 29.1 Å². The zero-order valence-electron chi connectivity index (χ0n) is 10.9. The third-order valence-corrected chi connectivity index (χ3v) is 4.82. The molecule has 19 heavy (non-hydrogen) atoms. The monoisotopic (exact) mass is 280 g/mol. The summed E-state index contributed by atoms with van der Waals surface area (Å²) in [5, 5.41) is 9.72. The Hall–Kier alpha value is -1.29. The molecule has 5 heteroatoms. The van der Waals surface area contributed by atoms with E-state index in [0.29, 0.717) is 21.9 Å². The van der Waals surface area contributed by atoms with Gasteiger partial charge in [0, 0.05) is 13.1 Å². The molecule has 0 bridgehead atoms. The highest BCUT2D eigenvalue weighted by Crippen LogP contribution is 2.54. The molecular formula is C14H17ClN2O2. The summed E-state index contributed by atoms with van der Waals surface area (Å²) in [7, 11) is 0. The second-order valence-electron chi connectivity index (χ2n) is 5.72. The molecule has 2 heterocycles. The van der Waals surface area contributed by atoms with Gasteiger partial charge in [0.15, 0.2) is 0 Å². The van der Waals surface area contributed by atoms with Gasteiger partial charge in [0.1, 0.15) is 11.4 Å². The highest BCUT2D eigenvalue weighted by Gasteiger charge is 2.44. The van der Waals surface area contributed by atoms with Crippen molar-refractivity contribution in [1.82, 2.24) is 4.98 Å². The smallest absolute Gasteiger partial charge is 0.339 e. The van der Waals surface area contributed by atoms with Gasteiger partial charge in [-0.15, -0.1) is 0 Å². The van der Waals surface area contributed by atoms with Crippen molar-refractivity contribution in [3.8, 4) is 0 Å². The van der Waals surface area contributed by atoms with Crippen molar-refractivity contribution in [3.05, 3.63) is 22.3 Å². The van der Waals surface area contributed by atoms with E-state index in [9.17, 15) is 9.90 Å². The van der Waals surface area contributed by atoms with Crippen LogP contribution in [0.25, 0.3) is 0 Å². The lowest BCUT2D eigenvalue weighted by Crippen LogP contribution is -2.36. The van der Waals surface area contributed by atoms with Crippen LogP contribution in [0.3, 0.4) is 0 Å². The molecule has 1 aromatic rings. The first kappa shape index (κ1) is 12.7. The zero-order chi connectivity index (χ0) is 13.6. The molecular weight excluding hydrogens is 264 g/mol. The van der Waals surface area contributed by atoms with Crippen molar-refractivity contribution in [3.63, 3.8) is 0 Å². The predicted molar refractivity (Wildman–Crippen MR) is 74.1 cm³/mol. The molecule has 1 aliphatic carbocycles. The Balaban J connectivity index is 1.90. The Morgan fingerprint density at radius 3 is 2.53 bits per heavy atom. The fraction of sp³-hybridized carbons (Fsp3) is 0.571. The van der Waals surface area contributed by atoms with Crippen molar-refractivity contribution in [1.29, 1.82) is 0 Å². The quantitative estimate of drug-likeness (QED) is 0.904. The first-order chi connectivity index (χ1) is 9.01. The second kappa shape index (κ2) is 4.37. The lowest BCUT2D eigenvalue weighted by atomic mass is 9.93. The van der Waals surface area contributed by atoms with E-state index in [4.69, 9.17) is 11.6 Å². The molecule has 1 aliphatic heterocycles. The van der Waals surface area contributed by atoms with Crippen molar-refractivity contribution >= 4 is 23.4 Å². The van der Waals surface area contributed by atoms with Crippen LogP contribution < -0.4 is 4.90 Å². The largest absolute Gasteiger partial charge is 0.478 e. The number of carbonyl (C=O) groups is 1. The normalized spacial score (nSPS) is 20.6. The highest BCUT2D eigenvalue weighted by molar-refractivity contribution is 6.31. The van der Waals surface area contributed by atoms with E-state index < -0.39 is 5.97 Å². The Kier molecular flexibility index (Phi) is 2.93. The molecule has 0 atom stereocenters. The maximum Gasteiger partial charge on any atom is 0.339 e. The lowest BCUT2D eigenvalue weighted by molar-refractivity contribution is 0.0697. The van der Waals surface area contributed by atoms with Crippen LogP contribution in [0.4, 0.5) is 5.82 Å². The summed E-state index contributed by atoms with van der Waals surface area (Å²) in [6.45, 7) is 3.60. The molecule has 0 unspecified atom stereocenters. The number of anilines is 1. The van der Waals surface area contributed by atoms with Gasteiger partial charge >= 0.3 is 5.97 Å². The Morgan fingerprint density at radius 1 is 1.37 bits per heavy atom. The Morgan fingerprint density at radius 2 is 2.00 bits per heavy atom. The van der Waals surface area contributed by atoms with Gasteiger partial charge < -0.3 is 10.0 Å². The minimum atomic E-state index is -0.962. The van der Waals surface area contributed by atoms with Crippen LogP contribution in [0.1, 0.15) is 41.7 Å². The van der Waals surface area contributed by atoms with E-state index in [1.807, 2.05) is 6.92 Å². The van der Waals surface area contributed by atoms with Crippen molar-refractivity contribution < 1.29 is 9.90 Å². The summed E-state index contributed by atoms with van der Waals surface area (Å²) in [5.41, 5.74) is 1.47. The van der Waals surface area contributed by atoms with E-state index in [1.54, 1.807) is 0 Å². The first-order valence-corrected chi connectivity index (χ1v) is 7.04. The number of hydrogen-bond acceptors (Lipinski definition) is 3.